The number of aliphatic hydroxyl groups is 1. The minimum absolute atomic E-state index is 0.00394. The van der Waals surface area contributed by atoms with Crippen molar-refractivity contribution in [2.75, 3.05) is 32.2 Å². The molecule has 2 aromatic heterocycles. The van der Waals surface area contributed by atoms with E-state index in [2.05, 4.69) is 34.5 Å². The maximum Gasteiger partial charge on any atom is 0.256 e. The van der Waals surface area contributed by atoms with Gasteiger partial charge in [0.25, 0.3) is 5.91 Å². The molecule has 1 amide bonds. The van der Waals surface area contributed by atoms with Crippen molar-refractivity contribution in [1.82, 2.24) is 19.5 Å². The Kier molecular flexibility index (Phi) is 6.51. The van der Waals surface area contributed by atoms with Crippen LogP contribution in [-0.2, 0) is 11.3 Å². The van der Waals surface area contributed by atoms with Gasteiger partial charge >= 0.3 is 0 Å². The molecule has 182 valence electrons. The van der Waals surface area contributed by atoms with Gasteiger partial charge in [-0.1, -0.05) is 29.8 Å². The van der Waals surface area contributed by atoms with Gasteiger partial charge in [-0.2, -0.15) is 4.98 Å². The smallest absolute Gasteiger partial charge is 0.256 e. The number of nitrogens with zero attached hydrogens (tertiary/aromatic N) is 4. The highest BCUT2D eigenvalue weighted by Crippen LogP contribution is 2.32. The molecule has 1 unspecified atom stereocenters. The van der Waals surface area contributed by atoms with Crippen LogP contribution in [0.15, 0.2) is 36.5 Å². The van der Waals surface area contributed by atoms with Crippen molar-refractivity contribution in [2.24, 2.45) is 0 Å². The van der Waals surface area contributed by atoms with Gasteiger partial charge in [0.05, 0.1) is 37.0 Å². The van der Waals surface area contributed by atoms with Gasteiger partial charge in [0.2, 0.25) is 5.95 Å². The van der Waals surface area contributed by atoms with Crippen LogP contribution in [-0.4, -0.2) is 68.5 Å². The molecule has 0 aliphatic carbocycles. The maximum atomic E-state index is 13.6. The number of methoxy groups -OCH3 is 1. The fraction of sp³-hybridized carbons (Fsp3) is 0.480. The number of hydrogen-bond donors (Lipinski definition) is 2. The van der Waals surface area contributed by atoms with Crippen molar-refractivity contribution in [1.29, 1.82) is 0 Å². The lowest BCUT2D eigenvalue weighted by Gasteiger charge is -2.49. The minimum atomic E-state index is -0.603. The highest BCUT2D eigenvalue weighted by atomic mass is 16.5. The first-order valence-corrected chi connectivity index (χ1v) is 11.4. The molecule has 0 spiro atoms. The fourth-order valence-electron chi connectivity index (χ4n) is 4.21. The topological polar surface area (TPSA) is 101 Å². The Morgan fingerprint density at radius 2 is 2.09 bits per heavy atom. The van der Waals surface area contributed by atoms with Gasteiger partial charge in [-0.05, 0) is 39.3 Å². The molecule has 1 saturated heterocycles. The zero-order valence-electron chi connectivity index (χ0n) is 20.5. The molecule has 1 aliphatic rings. The molecule has 1 atom stereocenters. The molecule has 9 nitrogen and oxygen atoms in total. The maximum absolute atomic E-state index is 13.6. The molecule has 0 saturated carbocycles. The molecule has 4 rings (SSSR count). The number of anilines is 1. The lowest BCUT2D eigenvalue weighted by molar-refractivity contribution is -0.144. The Labute approximate surface area is 199 Å². The number of aliphatic hydroxyl groups excluding tert-OH is 1. The van der Waals surface area contributed by atoms with Crippen molar-refractivity contribution >= 4 is 17.5 Å². The molecule has 3 aromatic rings. The number of hydrogen-bond acceptors (Lipinski definition) is 7. The van der Waals surface area contributed by atoms with E-state index in [1.165, 1.54) is 5.56 Å². The predicted octanol–water partition coefficient (Wildman–Crippen LogP) is 3.05. The third-order valence-electron chi connectivity index (χ3n) is 6.28. The number of ether oxygens (including phenoxy) is 2. The van der Waals surface area contributed by atoms with Crippen LogP contribution in [0.3, 0.4) is 0 Å². The molecular weight excluding hydrogens is 434 g/mol. The Hall–Kier alpha value is -3.17. The second-order valence-electron chi connectivity index (χ2n) is 9.76. The number of rotatable bonds is 7. The first-order chi connectivity index (χ1) is 16.1. The van der Waals surface area contributed by atoms with Crippen LogP contribution in [0.25, 0.3) is 5.65 Å². The van der Waals surface area contributed by atoms with Crippen LogP contribution in [0.5, 0.6) is 5.75 Å². The third kappa shape index (κ3) is 4.85. The van der Waals surface area contributed by atoms with E-state index >= 15 is 0 Å². The largest absolute Gasteiger partial charge is 0.493 e. The van der Waals surface area contributed by atoms with E-state index in [0.717, 1.165) is 5.56 Å². The van der Waals surface area contributed by atoms with Crippen molar-refractivity contribution in [3.8, 4) is 5.75 Å². The summed E-state index contributed by atoms with van der Waals surface area (Å²) in [6, 6.07) is 9.92. The molecule has 0 radical (unpaired) electrons. The summed E-state index contributed by atoms with van der Waals surface area (Å²) in [5, 5.41) is 17.2. The normalized spacial score (nSPS) is 19.9. The summed E-state index contributed by atoms with van der Waals surface area (Å²) in [7, 11) is 1.55. The number of carbonyl (C=O) groups excluding carboxylic acids is 1. The van der Waals surface area contributed by atoms with Crippen LogP contribution in [0.4, 0.5) is 5.95 Å². The van der Waals surface area contributed by atoms with Gasteiger partial charge in [-0.25, -0.2) is 4.52 Å². The van der Waals surface area contributed by atoms with Crippen LogP contribution in [0, 0.1) is 6.92 Å². The summed E-state index contributed by atoms with van der Waals surface area (Å²) >= 11 is 0. The van der Waals surface area contributed by atoms with E-state index in [4.69, 9.17) is 9.47 Å². The molecule has 0 bridgehead atoms. The van der Waals surface area contributed by atoms with Gasteiger partial charge in [0.1, 0.15) is 0 Å². The first kappa shape index (κ1) is 24.0. The minimum Gasteiger partial charge on any atom is -0.493 e. The summed E-state index contributed by atoms with van der Waals surface area (Å²) in [4.78, 5) is 20.0. The van der Waals surface area contributed by atoms with Crippen LogP contribution in [0.1, 0.15) is 48.7 Å². The van der Waals surface area contributed by atoms with E-state index < -0.39 is 11.1 Å². The summed E-state index contributed by atoms with van der Waals surface area (Å²) < 4.78 is 13.1. The number of carbonyl (C=O) groups is 1. The average Bonchev–Trinajstić information content (AvgIpc) is 3.22. The summed E-state index contributed by atoms with van der Waals surface area (Å²) in [5.41, 5.74) is 2.18. The number of aromatic nitrogens is 3. The molecule has 1 aromatic carbocycles. The van der Waals surface area contributed by atoms with E-state index in [-0.39, 0.29) is 12.5 Å². The van der Waals surface area contributed by atoms with Crippen molar-refractivity contribution < 1.29 is 19.4 Å². The van der Waals surface area contributed by atoms with Gasteiger partial charge in [0, 0.05) is 25.8 Å². The monoisotopic (exact) mass is 467 g/mol. The lowest BCUT2D eigenvalue weighted by atomic mass is 9.92. The summed E-state index contributed by atoms with van der Waals surface area (Å²) in [6.07, 6.45) is 2.13. The average molecular weight is 468 g/mol. The molecule has 2 N–H and O–H groups in total. The Morgan fingerprint density at radius 1 is 1.29 bits per heavy atom. The third-order valence-corrected chi connectivity index (χ3v) is 6.28. The van der Waals surface area contributed by atoms with Gasteiger partial charge in [-0.3, -0.25) is 4.79 Å². The number of nitrogens with one attached hydrogen (secondary N) is 1. The van der Waals surface area contributed by atoms with Crippen LogP contribution >= 0.6 is 0 Å². The molecule has 34 heavy (non-hydrogen) atoms. The zero-order chi connectivity index (χ0) is 24.5. The van der Waals surface area contributed by atoms with Gasteiger partial charge in [-0.15, -0.1) is 5.10 Å². The number of morpholine rings is 1. The van der Waals surface area contributed by atoms with Gasteiger partial charge in [0.15, 0.2) is 11.4 Å². The van der Waals surface area contributed by atoms with E-state index in [0.29, 0.717) is 49.0 Å². The second-order valence-corrected chi connectivity index (χ2v) is 9.76. The highest BCUT2D eigenvalue weighted by Gasteiger charge is 2.43. The second kappa shape index (κ2) is 9.23. The fourth-order valence-corrected chi connectivity index (χ4v) is 4.21. The number of fused-ring (bicyclic) bond motifs is 1. The standard InChI is InChI=1S/C25H33N5O4/c1-17-7-6-8-18(11-17)13-26-23-27-21-20(33-5)12-19(14-30(21)28-23)22(32)29-15-25(4,9-10-31)34-16-24(29,2)3/h6-8,11-12,14,31H,9-10,13,15-16H2,1-5H3,(H,26,28). The molecule has 1 aliphatic heterocycles. The van der Waals surface area contributed by atoms with Crippen LogP contribution in [0.2, 0.25) is 0 Å². The number of benzene rings is 1. The van der Waals surface area contributed by atoms with E-state index in [9.17, 15) is 9.90 Å². The summed E-state index contributed by atoms with van der Waals surface area (Å²) in [6.45, 7) is 9.26. The molecule has 1 fully saturated rings. The number of aryl methyl sites for hydroxylation is 1. The Morgan fingerprint density at radius 3 is 2.79 bits per heavy atom. The van der Waals surface area contributed by atoms with Crippen molar-refractivity contribution in [3.63, 3.8) is 0 Å². The van der Waals surface area contributed by atoms with E-state index in [1.54, 1.807) is 28.8 Å². The van der Waals surface area contributed by atoms with Crippen LogP contribution < -0.4 is 10.1 Å². The Bertz CT molecular complexity index is 1190. The lowest BCUT2D eigenvalue weighted by Crippen LogP contribution is -2.62. The number of amides is 1. The Balaban J connectivity index is 1.61. The summed E-state index contributed by atoms with van der Waals surface area (Å²) in [5.74, 6) is 0.764. The van der Waals surface area contributed by atoms with E-state index in [1.807, 2.05) is 32.9 Å². The van der Waals surface area contributed by atoms with Crippen molar-refractivity contribution in [2.45, 2.75) is 51.8 Å². The molecule has 3 heterocycles. The van der Waals surface area contributed by atoms with Crippen molar-refractivity contribution in [3.05, 3.63) is 53.2 Å². The highest BCUT2D eigenvalue weighted by molar-refractivity contribution is 5.95. The molecular formula is C25H33N5O4. The SMILES string of the molecule is COc1cc(C(=O)N2CC(C)(CCO)OCC2(C)C)cn2nc(NCc3cccc(C)c3)nc12. The predicted molar refractivity (Wildman–Crippen MR) is 129 cm³/mol. The zero-order valence-corrected chi connectivity index (χ0v) is 20.5. The quantitative estimate of drug-likeness (QED) is 0.551. The molecule has 9 heteroatoms. The first-order valence-electron chi connectivity index (χ1n) is 11.4. The number of pyridine rings is 1. The van der Waals surface area contributed by atoms with Gasteiger partial charge < -0.3 is 24.8 Å².